The Morgan fingerprint density at radius 3 is 2.35 bits per heavy atom. The second-order valence-electron chi connectivity index (χ2n) is 6.38. The summed E-state index contributed by atoms with van der Waals surface area (Å²) in [7, 11) is -3.54. The van der Waals surface area contributed by atoms with Gasteiger partial charge in [0.25, 0.3) is 5.91 Å². The highest BCUT2D eigenvalue weighted by Gasteiger charge is 2.28. The van der Waals surface area contributed by atoms with Crippen LogP contribution in [0.5, 0.6) is 0 Å². The van der Waals surface area contributed by atoms with Crippen molar-refractivity contribution >= 4 is 21.6 Å². The van der Waals surface area contributed by atoms with Crippen LogP contribution in [0.25, 0.3) is 0 Å². The van der Waals surface area contributed by atoms with Crippen LogP contribution in [0.2, 0.25) is 0 Å². The first kappa shape index (κ1) is 17.2. The molecule has 2 aromatic carbocycles. The van der Waals surface area contributed by atoms with Gasteiger partial charge in [-0.1, -0.05) is 18.2 Å². The Hall–Kier alpha value is -2.22. The summed E-state index contributed by atoms with van der Waals surface area (Å²) in [6.45, 7) is 2.17. The molecule has 0 aromatic heterocycles. The van der Waals surface area contributed by atoms with Gasteiger partial charge in [0, 0.05) is 30.9 Å². The topological polar surface area (TPSA) is 66.9 Å². The van der Waals surface area contributed by atoms with E-state index in [4.69, 9.17) is 4.74 Å². The molecule has 0 radical (unpaired) electrons. The quantitative estimate of drug-likeness (QED) is 0.826. The number of carbonyl (C=O) groups excluding carboxylic acids is 1. The van der Waals surface area contributed by atoms with Crippen LogP contribution in [0.1, 0.15) is 15.9 Å². The van der Waals surface area contributed by atoms with Crippen LogP contribution in [0.3, 0.4) is 0 Å². The Bertz CT molecular complexity index is 919. The number of ether oxygens (including phenoxy) is 1. The number of rotatable bonds is 3. The second-order valence-corrected chi connectivity index (χ2v) is 8.31. The predicted octanol–water partition coefficient (Wildman–Crippen LogP) is 1.91. The molecule has 0 unspecified atom stereocenters. The van der Waals surface area contributed by atoms with Gasteiger partial charge < -0.3 is 9.64 Å². The number of nitrogens with zero attached hydrogens (tertiary/aromatic N) is 2. The van der Waals surface area contributed by atoms with Gasteiger partial charge in [0.05, 0.1) is 18.1 Å². The number of benzene rings is 2. The third-order valence-electron chi connectivity index (χ3n) is 4.84. The first-order chi connectivity index (χ1) is 12.6. The van der Waals surface area contributed by atoms with Crippen molar-refractivity contribution in [3.8, 4) is 0 Å². The number of hydrogen-bond donors (Lipinski definition) is 0. The molecule has 1 saturated heterocycles. The second kappa shape index (κ2) is 6.83. The molecule has 1 fully saturated rings. The summed E-state index contributed by atoms with van der Waals surface area (Å²) in [4.78, 5) is 14.8. The fourth-order valence-electron chi connectivity index (χ4n) is 3.41. The molecular weight excluding hydrogens is 352 g/mol. The Kier molecular flexibility index (Phi) is 4.52. The highest BCUT2D eigenvalue weighted by atomic mass is 32.2. The van der Waals surface area contributed by atoms with E-state index in [0.29, 0.717) is 38.4 Å². The Balaban J connectivity index is 1.56. The van der Waals surface area contributed by atoms with E-state index in [1.165, 1.54) is 16.4 Å². The molecule has 0 spiro atoms. The van der Waals surface area contributed by atoms with Crippen molar-refractivity contribution < 1.29 is 17.9 Å². The lowest BCUT2D eigenvalue weighted by molar-refractivity contribution is 0.0730. The Morgan fingerprint density at radius 1 is 0.923 bits per heavy atom. The number of amides is 1. The van der Waals surface area contributed by atoms with Gasteiger partial charge in [0.15, 0.2) is 0 Å². The molecular formula is C19H20N2O4S. The fourth-order valence-corrected chi connectivity index (χ4v) is 4.82. The van der Waals surface area contributed by atoms with Gasteiger partial charge in [-0.3, -0.25) is 4.79 Å². The zero-order valence-electron chi connectivity index (χ0n) is 14.3. The third kappa shape index (κ3) is 3.02. The molecule has 2 aromatic rings. The van der Waals surface area contributed by atoms with E-state index in [1.807, 2.05) is 24.3 Å². The van der Waals surface area contributed by atoms with Crippen molar-refractivity contribution in [1.82, 2.24) is 4.31 Å². The zero-order valence-corrected chi connectivity index (χ0v) is 15.1. The van der Waals surface area contributed by atoms with Gasteiger partial charge in [-0.05, 0) is 42.3 Å². The maximum absolute atomic E-state index is 12.8. The number of para-hydroxylation sites is 1. The minimum absolute atomic E-state index is 0.106. The van der Waals surface area contributed by atoms with Gasteiger partial charge in [0.2, 0.25) is 10.0 Å². The number of fused-ring (bicyclic) bond motifs is 1. The maximum Gasteiger partial charge on any atom is 0.258 e. The molecule has 6 nitrogen and oxygen atoms in total. The lowest BCUT2D eigenvalue weighted by atomic mass is 10.1. The van der Waals surface area contributed by atoms with Crippen LogP contribution in [0, 0.1) is 0 Å². The van der Waals surface area contributed by atoms with Gasteiger partial charge in [-0.25, -0.2) is 8.42 Å². The van der Waals surface area contributed by atoms with Crippen LogP contribution in [-0.4, -0.2) is 51.5 Å². The molecule has 2 aliphatic heterocycles. The molecule has 0 atom stereocenters. The van der Waals surface area contributed by atoms with Crippen LogP contribution in [0.15, 0.2) is 53.4 Å². The van der Waals surface area contributed by atoms with E-state index in [-0.39, 0.29) is 10.8 Å². The van der Waals surface area contributed by atoms with Crippen LogP contribution in [-0.2, 0) is 21.2 Å². The van der Waals surface area contributed by atoms with E-state index in [0.717, 1.165) is 17.7 Å². The average Bonchev–Trinajstić information content (AvgIpc) is 3.12. The summed E-state index contributed by atoms with van der Waals surface area (Å²) in [5.74, 6) is -0.106. The lowest BCUT2D eigenvalue weighted by Gasteiger charge is -2.26. The summed E-state index contributed by atoms with van der Waals surface area (Å²) in [5.41, 5.74) is 2.58. The van der Waals surface area contributed by atoms with Crippen molar-refractivity contribution in [2.24, 2.45) is 0 Å². The van der Waals surface area contributed by atoms with Gasteiger partial charge in [-0.2, -0.15) is 4.31 Å². The SMILES string of the molecule is O=C(c1ccc(S(=O)(=O)N2CCOCC2)cc1)N1CCc2ccccc21. The number of sulfonamides is 1. The molecule has 0 N–H and O–H groups in total. The molecule has 2 heterocycles. The van der Waals surface area contributed by atoms with Gasteiger partial charge in [0.1, 0.15) is 0 Å². The van der Waals surface area contributed by atoms with E-state index >= 15 is 0 Å². The standard InChI is InChI=1S/C19H20N2O4S/c22-19(21-10-9-15-3-1-2-4-18(15)21)16-5-7-17(8-6-16)26(23,24)20-11-13-25-14-12-20/h1-8H,9-14H2. The first-order valence-electron chi connectivity index (χ1n) is 8.65. The van der Waals surface area contributed by atoms with Crippen molar-refractivity contribution in [3.63, 3.8) is 0 Å². The molecule has 0 bridgehead atoms. The maximum atomic E-state index is 12.8. The van der Waals surface area contributed by atoms with E-state index < -0.39 is 10.0 Å². The largest absolute Gasteiger partial charge is 0.379 e. The van der Waals surface area contributed by atoms with Crippen LogP contribution in [0.4, 0.5) is 5.69 Å². The molecule has 4 rings (SSSR count). The summed E-state index contributed by atoms with van der Waals surface area (Å²) < 4.78 is 32.0. The number of morpholine rings is 1. The van der Waals surface area contributed by atoms with Crippen molar-refractivity contribution in [2.75, 3.05) is 37.7 Å². The predicted molar refractivity (Wildman–Crippen MR) is 97.8 cm³/mol. The van der Waals surface area contributed by atoms with E-state index in [2.05, 4.69) is 0 Å². The van der Waals surface area contributed by atoms with E-state index in [1.54, 1.807) is 17.0 Å². The molecule has 26 heavy (non-hydrogen) atoms. The number of carbonyl (C=O) groups is 1. The normalized spacial score (nSPS) is 17.9. The van der Waals surface area contributed by atoms with Crippen molar-refractivity contribution in [3.05, 3.63) is 59.7 Å². The van der Waals surface area contributed by atoms with Crippen LogP contribution < -0.4 is 4.90 Å². The summed E-state index contributed by atoms with van der Waals surface area (Å²) in [6.07, 6.45) is 0.839. The number of hydrogen-bond acceptors (Lipinski definition) is 4. The number of anilines is 1. The minimum Gasteiger partial charge on any atom is -0.379 e. The summed E-state index contributed by atoms with van der Waals surface area (Å²) in [6, 6.07) is 14.1. The summed E-state index contributed by atoms with van der Waals surface area (Å²) >= 11 is 0. The molecule has 0 saturated carbocycles. The Labute approximate surface area is 153 Å². The molecule has 136 valence electrons. The monoisotopic (exact) mass is 372 g/mol. The van der Waals surface area contributed by atoms with Crippen LogP contribution >= 0.6 is 0 Å². The highest BCUT2D eigenvalue weighted by molar-refractivity contribution is 7.89. The third-order valence-corrected chi connectivity index (χ3v) is 6.75. The van der Waals surface area contributed by atoms with Gasteiger partial charge >= 0.3 is 0 Å². The molecule has 0 aliphatic carbocycles. The van der Waals surface area contributed by atoms with Crippen molar-refractivity contribution in [1.29, 1.82) is 0 Å². The lowest BCUT2D eigenvalue weighted by Crippen LogP contribution is -2.40. The Morgan fingerprint density at radius 2 is 1.62 bits per heavy atom. The molecule has 1 amide bonds. The average molecular weight is 372 g/mol. The minimum atomic E-state index is -3.54. The summed E-state index contributed by atoms with van der Waals surface area (Å²) in [5, 5.41) is 0. The molecule has 7 heteroatoms. The molecule has 2 aliphatic rings. The zero-order chi connectivity index (χ0) is 18.1. The van der Waals surface area contributed by atoms with Crippen molar-refractivity contribution in [2.45, 2.75) is 11.3 Å². The van der Waals surface area contributed by atoms with E-state index in [9.17, 15) is 13.2 Å². The van der Waals surface area contributed by atoms with Gasteiger partial charge in [-0.15, -0.1) is 0 Å². The first-order valence-corrected chi connectivity index (χ1v) is 10.1. The highest BCUT2D eigenvalue weighted by Crippen LogP contribution is 2.29. The smallest absolute Gasteiger partial charge is 0.258 e. The fraction of sp³-hybridized carbons (Fsp3) is 0.316.